The number of rotatable bonds is 4. The molecule has 0 saturated carbocycles. The lowest BCUT2D eigenvalue weighted by atomic mass is 10.1. The third-order valence-corrected chi connectivity index (χ3v) is 4.06. The molecule has 0 aliphatic carbocycles. The monoisotopic (exact) mass is 364 g/mol. The Kier molecular flexibility index (Phi) is 4.03. The summed E-state index contributed by atoms with van der Waals surface area (Å²) >= 11 is 0. The predicted molar refractivity (Wildman–Crippen MR) is 97.6 cm³/mol. The number of benzene rings is 1. The molecule has 3 aromatic heterocycles. The average molecular weight is 364 g/mol. The first-order valence-corrected chi connectivity index (χ1v) is 8.17. The lowest BCUT2D eigenvalue weighted by Gasteiger charge is -2.04. The van der Waals surface area contributed by atoms with Crippen LogP contribution in [0.5, 0.6) is 5.75 Å². The van der Waals surface area contributed by atoms with Crippen molar-refractivity contribution >= 4 is 23.0 Å². The highest BCUT2D eigenvalue weighted by molar-refractivity contribution is 6.11. The fourth-order valence-electron chi connectivity index (χ4n) is 2.84. The molecular formula is C18H16N6O3. The van der Waals surface area contributed by atoms with Crippen LogP contribution in [0.15, 0.2) is 34.9 Å². The second-order valence-corrected chi connectivity index (χ2v) is 5.92. The van der Waals surface area contributed by atoms with Crippen LogP contribution in [-0.2, 0) is 0 Å². The van der Waals surface area contributed by atoms with E-state index >= 15 is 0 Å². The molecule has 0 aliphatic heterocycles. The summed E-state index contributed by atoms with van der Waals surface area (Å²) < 4.78 is 10.5. The van der Waals surface area contributed by atoms with E-state index in [1.165, 1.54) is 0 Å². The van der Waals surface area contributed by atoms with Gasteiger partial charge in [0.15, 0.2) is 5.82 Å². The van der Waals surface area contributed by atoms with Gasteiger partial charge < -0.3 is 9.26 Å². The SMILES string of the molecule is COc1ccccc1-c1nc(NC(=O)c2cc(C)nc3onc(C)c23)n[nH]1. The second-order valence-electron chi connectivity index (χ2n) is 5.92. The summed E-state index contributed by atoms with van der Waals surface area (Å²) in [5.41, 5.74) is 2.70. The molecular weight excluding hydrogens is 348 g/mol. The van der Waals surface area contributed by atoms with Crippen LogP contribution in [0.3, 0.4) is 0 Å². The van der Waals surface area contributed by atoms with Gasteiger partial charge in [0.2, 0.25) is 5.95 Å². The van der Waals surface area contributed by atoms with Crippen molar-refractivity contribution in [1.29, 1.82) is 0 Å². The van der Waals surface area contributed by atoms with Gasteiger partial charge in [-0.15, -0.1) is 5.10 Å². The zero-order valence-corrected chi connectivity index (χ0v) is 14.9. The first-order chi connectivity index (χ1) is 13.1. The summed E-state index contributed by atoms with van der Waals surface area (Å²) in [7, 11) is 1.58. The van der Waals surface area contributed by atoms with Gasteiger partial charge in [0.05, 0.1) is 29.3 Å². The van der Waals surface area contributed by atoms with Crippen molar-refractivity contribution in [3.05, 3.63) is 47.3 Å². The van der Waals surface area contributed by atoms with Gasteiger partial charge in [0.1, 0.15) is 5.75 Å². The maximum absolute atomic E-state index is 12.8. The molecule has 0 atom stereocenters. The van der Waals surface area contributed by atoms with Gasteiger partial charge in [-0.2, -0.15) is 4.98 Å². The topological polar surface area (TPSA) is 119 Å². The summed E-state index contributed by atoms with van der Waals surface area (Å²) in [5, 5.41) is 14.0. The van der Waals surface area contributed by atoms with Crippen LogP contribution in [0.1, 0.15) is 21.7 Å². The Morgan fingerprint density at radius 1 is 1.22 bits per heavy atom. The number of fused-ring (bicyclic) bond motifs is 1. The maximum Gasteiger partial charge on any atom is 0.259 e. The van der Waals surface area contributed by atoms with Crippen LogP contribution in [0.2, 0.25) is 0 Å². The van der Waals surface area contributed by atoms with Crippen molar-refractivity contribution < 1.29 is 14.1 Å². The van der Waals surface area contributed by atoms with Gasteiger partial charge in [-0.05, 0) is 32.0 Å². The number of aryl methyl sites for hydroxylation is 2. The standard InChI is InChI=1S/C18H16N6O3/c1-9-8-12(14-10(2)24-27-17(14)19-9)16(25)21-18-20-15(22-23-18)11-6-4-5-7-13(11)26-3/h4-8H,1-3H3,(H2,20,21,22,23,25). The molecule has 0 saturated heterocycles. The van der Waals surface area contributed by atoms with Crippen molar-refractivity contribution in [1.82, 2.24) is 25.3 Å². The molecule has 9 nitrogen and oxygen atoms in total. The average Bonchev–Trinajstić information content (AvgIpc) is 3.28. The van der Waals surface area contributed by atoms with Gasteiger partial charge in [-0.3, -0.25) is 15.2 Å². The lowest BCUT2D eigenvalue weighted by molar-refractivity contribution is 0.102. The summed E-state index contributed by atoms with van der Waals surface area (Å²) in [6.07, 6.45) is 0. The van der Waals surface area contributed by atoms with Gasteiger partial charge in [-0.1, -0.05) is 17.3 Å². The first kappa shape index (κ1) is 16.7. The smallest absolute Gasteiger partial charge is 0.259 e. The number of carbonyl (C=O) groups excluding carboxylic acids is 1. The number of nitrogens with one attached hydrogen (secondary N) is 2. The number of amides is 1. The Hall–Kier alpha value is -3.75. The minimum atomic E-state index is -0.373. The minimum Gasteiger partial charge on any atom is -0.496 e. The number of ether oxygens (including phenoxy) is 1. The van der Waals surface area contributed by atoms with E-state index in [0.29, 0.717) is 39.6 Å². The van der Waals surface area contributed by atoms with Crippen molar-refractivity contribution in [2.24, 2.45) is 0 Å². The van der Waals surface area contributed by atoms with E-state index in [9.17, 15) is 4.79 Å². The van der Waals surface area contributed by atoms with Crippen molar-refractivity contribution in [3.8, 4) is 17.1 Å². The fraction of sp³-hybridized carbons (Fsp3) is 0.167. The predicted octanol–water partition coefficient (Wildman–Crippen LogP) is 2.89. The highest BCUT2D eigenvalue weighted by atomic mass is 16.5. The number of hydrogen-bond donors (Lipinski definition) is 2. The van der Waals surface area contributed by atoms with Crippen LogP contribution >= 0.6 is 0 Å². The number of aromatic nitrogens is 5. The van der Waals surface area contributed by atoms with E-state index in [1.54, 1.807) is 27.0 Å². The molecule has 4 rings (SSSR count). The number of nitrogens with zero attached hydrogens (tertiary/aromatic N) is 4. The number of carbonyl (C=O) groups is 1. The third kappa shape index (κ3) is 2.99. The van der Waals surface area contributed by atoms with E-state index in [4.69, 9.17) is 9.26 Å². The number of methoxy groups -OCH3 is 1. The number of H-pyrrole nitrogens is 1. The molecule has 0 unspecified atom stereocenters. The Bertz CT molecular complexity index is 1150. The number of pyridine rings is 1. The molecule has 2 N–H and O–H groups in total. The Labute approximate surface area is 153 Å². The molecule has 0 radical (unpaired) electrons. The van der Waals surface area contributed by atoms with E-state index in [2.05, 4.69) is 30.6 Å². The number of para-hydroxylation sites is 1. The van der Waals surface area contributed by atoms with E-state index < -0.39 is 0 Å². The molecule has 0 spiro atoms. The first-order valence-electron chi connectivity index (χ1n) is 8.17. The summed E-state index contributed by atoms with van der Waals surface area (Å²) in [6.45, 7) is 3.53. The second kappa shape index (κ2) is 6.52. The van der Waals surface area contributed by atoms with Gasteiger partial charge in [0.25, 0.3) is 11.6 Å². The zero-order valence-electron chi connectivity index (χ0n) is 14.9. The fourth-order valence-corrected chi connectivity index (χ4v) is 2.84. The van der Waals surface area contributed by atoms with Crippen molar-refractivity contribution in [2.45, 2.75) is 13.8 Å². The summed E-state index contributed by atoms with van der Waals surface area (Å²) in [6, 6.07) is 9.07. The molecule has 0 fully saturated rings. The van der Waals surface area contributed by atoms with Gasteiger partial charge >= 0.3 is 0 Å². The molecule has 0 aliphatic rings. The molecule has 3 heterocycles. The quantitative estimate of drug-likeness (QED) is 0.571. The van der Waals surface area contributed by atoms with Crippen LogP contribution in [-0.4, -0.2) is 38.3 Å². The summed E-state index contributed by atoms with van der Waals surface area (Å²) in [4.78, 5) is 21.4. The van der Waals surface area contributed by atoms with E-state index in [-0.39, 0.29) is 11.9 Å². The number of aromatic amines is 1. The van der Waals surface area contributed by atoms with Crippen molar-refractivity contribution in [3.63, 3.8) is 0 Å². The highest BCUT2D eigenvalue weighted by Crippen LogP contribution is 2.27. The van der Waals surface area contributed by atoms with Crippen LogP contribution in [0.4, 0.5) is 5.95 Å². The number of anilines is 1. The summed E-state index contributed by atoms with van der Waals surface area (Å²) in [5.74, 6) is 0.915. The molecule has 27 heavy (non-hydrogen) atoms. The molecule has 136 valence electrons. The molecule has 0 bridgehead atoms. The Balaban J connectivity index is 1.65. The van der Waals surface area contributed by atoms with Crippen LogP contribution in [0, 0.1) is 13.8 Å². The van der Waals surface area contributed by atoms with Crippen LogP contribution in [0.25, 0.3) is 22.5 Å². The van der Waals surface area contributed by atoms with Gasteiger partial charge in [-0.25, -0.2) is 4.98 Å². The normalized spacial score (nSPS) is 10.9. The van der Waals surface area contributed by atoms with Crippen molar-refractivity contribution in [2.75, 3.05) is 12.4 Å². The highest BCUT2D eigenvalue weighted by Gasteiger charge is 2.19. The zero-order chi connectivity index (χ0) is 19.0. The van der Waals surface area contributed by atoms with E-state index in [1.807, 2.05) is 24.3 Å². The maximum atomic E-state index is 12.8. The number of hydrogen-bond acceptors (Lipinski definition) is 7. The largest absolute Gasteiger partial charge is 0.496 e. The molecule has 1 amide bonds. The molecule has 4 aromatic rings. The Morgan fingerprint density at radius 2 is 2.04 bits per heavy atom. The van der Waals surface area contributed by atoms with E-state index in [0.717, 1.165) is 5.56 Å². The minimum absolute atomic E-state index is 0.151. The van der Waals surface area contributed by atoms with Gasteiger partial charge in [0, 0.05) is 5.69 Å². The molecule has 1 aromatic carbocycles. The van der Waals surface area contributed by atoms with Crippen LogP contribution < -0.4 is 10.1 Å². The lowest BCUT2D eigenvalue weighted by Crippen LogP contribution is -2.14. The molecule has 9 heteroatoms. The third-order valence-electron chi connectivity index (χ3n) is 4.06. The Morgan fingerprint density at radius 3 is 2.85 bits per heavy atom.